The molecular weight excluding hydrogens is 401 g/mol. The van der Waals surface area contributed by atoms with Gasteiger partial charge in [-0.05, 0) is 54.2 Å². The van der Waals surface area contributed by atoms with Gasteiger partial charge in [0, 0.05) is 17.6 Å². The van der Waals surface area contributed by atoms with Crippen LogP contribution in [0.15, 0.2) is 54.7 Å². The standard InChI is InChI=1S/C24H27F3N4/c1-4-5-17-6-10-20(11-7-17)30-23-28-15-21(24(25,26)27)22(31-23)29-19-12-8-18(9-13-19)14-16(2)3/h6-13,15-16H,4-5,14H2,1-3H3,(H2,28,29,30,31). The van der Waals surface area contributed by atoms with E-state index in [1.54, 1.807) is 12.1 Å². The highest BCUT2D eigenvalue weighted by atomic mass is 19.4. The Bertz CT molecular complexity index is 981. The van der Waals surface area contributed by atoms with Crippen LogP contribution in [0.3, 0.4) is 0 Å². The van der Waals surface area contributed by atoms with Gasteiger partial charge < -0.3 is 10.6 Å². The molecule has 0 aliphatic carbocycles. The van der Waals surface area contributed by atoms with E-state index in [9.17, 15) is 13.2 Å². The number of nitrogens with zero attached hydrogens (tertiary/aromatic N) is 2. The maximum atomic E-state index is 13.5. The number of halogens is 3. The van der Waals surface area contributed by atoms with Gasteiger partial charge in [-0.15, -0.1) is 0 Å². The molecule has 7 heteroatoms. The Morgan fingerprint density at radius 1 is 0.871 bits per heavy atom. The second kappa shape index (κ2) is 9.81. The molecule has 0 unspecified atom stereocenters. The molecule has 0 atom stereocenters. The number of rotatable bonds is 8. The lowest BCUT2D eigenvalue weighted by Crippen LogP contribution is -2.12. The number of aryl methyl sites for hydroxylation is 1. The zero-order valence-electron chi connectivity index (χ0n) is 17.9. The van der Waals surface area contributed by atoms with Gasteiger partial charge in [0.05, 0.1) is 0 Å². The molecule has 0 aliphatic heterocycles. The third kappa shape index (κ3) is 6.44. The highest BCUT2D eigenvalue weighted by Crippen LogP contribution is 2.35. The highest BCUT2D eigenvalue weighted by Gasteiger charge is 2.35. The van der Waals surface area contributed by atoms with Crippen molar-refractivity contribution in [2.24, 2.45) is 5.92 Å². The SMILES string of the molecule is CCCc1ccc(Nc2ncc(C(F)(F)F)c(Nc3ccc(CC(C)C)cc3)n2)cc1. The third-order valence-corrected chi connectivity index (χ3v) is 4.70. The van der Waals surface area contributed by atoms with Crippen LogP contribution in [0.5, 0.6) is 0 Å². The summed E-state index contributed by atoms with van der Waals surface area (Å²) < 4.78 is 40.5. The van der Waals surface area contributed by atoms with Crippen LogP contribution in [0.1, 0.15) is 43.9 Å². The van der Waals surface area contributed by atoms with Gasteiger partial charge in [0.15, 0.2) is 0 Å². The number of hydrogen-bond donors (Lipinski definition) is 2. The van der Waals surface area contributed by atoms with Crippen molar-refractivity contribution in [1.82, 2.24) is 9.97 Å². The fourth-order valence-corrected chi connectivity index (χ4v) is 3.25. The van der Waals surface area contributed by atoms with E-state index in [4.69, 9.17) is 0 Å². The van der Waals surface area contributed by atoms with Gasteiger partial charge in [0.25, 0.3) is 0 Å². The summed E-state index contributed by atoms with van der Waals surface area (Å²) in [4.78, 5) is 7.97. The average Bonchev–Trinajstić information content (AvgIpc) is 2.70. The maximum Gasteiger partial charge on any atom is 0.421 e. The van der Waals surface area contributed by atoms with Gasteiger partial charge in [0.2, 0.25) is 5.95 Å². The van der Waals surface area contributed by atoms with Crippen LogP contribution in [0.4, 0.5) is 36.3 Å². The summed E-state index contributed by atoms with van der Waals surface area (Å²) in [5, 5.41) is 5.78. The number of nitrogens with one attached hydrogen (secondary N) is 2. The molecule has 3 aromatic rings. The molecule has 2 aromatic carbocycles. The number of anilines is 4. The van der Waals surface area contributed by atoms with Crippen molar-refractivity contribution in [3.8, 4) is 0 Å². The Labute approximate surface area is 181 Å². The quantitative estimate of drug-likeness (QED) is 0.401. The first-order valence-electron chi connectivity index (χ1n) is 10.4. The Hall–Kier alpha value is -3.09. The van der Waals surface area contributed by atoms with Gasteiger partial charge in [-0.25, -0.2) is 4.98 Å². The van der Waals surface area contributed by atoms with Crippen LogP contribution < -0.4 is 10.6 Å². The molecule has 0 bridgehead atoms. The van der Waals surface area contributed by atoms with Gasteiger partial charge in [-0.3, -0.25) is 0 Å². The van der Waals surface area contributed by atoms with E-state index in [1.807, 2.05) is 36.4 Å². The van der Waals surface area contributed by atoms with Gasteiger partial charge in [0.1, 0.15) is 11.4 Å². The lowest BCUT2D eigenvalue weighted by Gasteiger charge is -2.15. The van der Waals surface area contributed by atoms with Gasteiger partial charge in [-0.2, -0.15) is 18.2 Å². The molecule has 3 rings (SSSR count). The van der Waals surface area contributed by atoms with Crippen molar-refractivity contribution in [2.45, 2.75) is 46.2 Å². The molecule has 0 saturated heterocycles. The summed E-state index contributed by atoms with van der Waals surface area (Å²) in [6, 6.07) is 15.0. The van der Waals surface area contributed by atoms with Crippen molar-refractivity contribution in [1.29, 1.82) is 0 Å². The summed E-state index contributed by atoms with van der Waals surface area (Å²) in [5.74, 6) is 0.307. The van der Waals surface area contributed by atoms with E-state index in [2.05, 4.69) is 41.4 Å². The van der Waals surface area contributed by atoms with E-state index in [0.717, 1.165) is 31.0 Å². The fourth-order valence-electron chi connectivity index (χ4n) is 3.25. The van der Waals surface area contributed by atoms with Crippen LogP contribution in [0.25, 0.3) is 0 Å². The topological polar surface area (TPSA) is 49.8 Å². The van der Waals surface area contributed by atoms with E-state index >= 15 is 0 Å². The first kappa shape index (κ1) is 22.6. The Morgan fingerprint density at radius 3 is 2.00 bits per heavy atom. The van der Waals surface area contributed by atoms with E-state index < -0.39 is 11.7 Å². The molecule has 164 valence electrons. The van der Waals surface area contributed by atoms with Crippen molar-refractivity contribution < 1.29 is 13.2 Å². The molecule has 2 N–H and O–H groups in total. The number of aromatic nitrogens is 2. The second-order valence-electron chi connectivity index (χ2n) is 7.95. The molecule has 1 aromatic heterocycles. The number of hydrogen-bond acceptors (Lipinski definition) is 4. The van der Waals surface area contributed by atoms with Crippen molar-refractivity contribution in [3.05, 3.63) is 71.4 Å². The number of benzene rings is 2. The van der Waals surface area contributed by atoms with E-state index in [-0.39, 0.29) is 11.8 Å². The minimum atomic E-state index is -4.57. The van der Waals surface area contributed by atoms with Crippen molar-refractivity contribution in [3.63, 3.8) is 0 Å². The lowest BCUT2D eigenvalue weighted by atomic mass is 10.0. The molecule has 0 amide bonds. The maximum absolute atomic E-state index is 13.5. The number of alkyl halides is 3. The predicted octanol–water partition coefficient (Wildman–Crippen LogP) is 7.13. The summed E-state index contributed by atoms with van der Waals surface area (Å²) in [5.41, 5.74) is 2.66. The fraction of sp³-hybridized carbons (Fsp3) is 0.333. The molecule has 1 heterocycles. The van der Waals surface area contributed by atoms with Crippen molar-refractivity contribution in [2.75, 3.05) is 10.6 Å². The molecule has 31 heavy (non-hydrogen) atoms. The molecule has 0 radical (unpaired) electrons. The molecule has 0 aliphatic rings. The van der Waals surface area contributed by atoms with Crippen LogP contribution >= 0.6 is 0 Å². The first-order chi connectivity index (χ1) is 14.7. The normalized spacial score (nSPS) is 11.6. The molecule has 4 nitrogen and oxygen atoms in total. The zero-order valence-corrected chi connectivity index (χ0v) is 17.9. The molecule has 0 saturated carbocycles. The molecule has 0 spiro atoms. The second-order valence-corrected chi connectivity index (χ2v) is 7.95. The highest BCUT2D eigenvalue weighted by molar-refractivity contribution is 5.63. The minimum Gasteiger partial charge on any atom is -0.340 e. The summed E-state index contributed by atoms with van der Waals surface area (Å²) in [6.07, 6.45) is -0.841. The van der Waals surface area contributed by atoms with Gasteiger partial charge in [-0.1, -0.05) is 51.5 Å². The van der Waals surface area contributed by atoms with Crippen LogP contribution in [0, 0.1) is 5.92 Å². The van der Waals surface area contributed by atoms with E-state index in [0.29, 0.717) is 17.3 Å². The summed E-state index contributed by atoms with van der Waals surface area (Å²) in [6.45, 7) is 6.34. The summed E-state index contributed by atoms with van der Waals surface area (Å²) in [7, 11) is 0. The average molecular weight is 429 g/mol. The molecular formula is C24H27F3N4. The van der Waals surface area contributed by atoms with Crippen molar-refractivity contribution >= 4 is 23.1 Å². The van der Waals surface area contributed by atoms with E-state index in [1.165, 1.54) is 5.56 Å². The van der Waals surface area contributed by atoms with Gasteiger partial charge >= 0.3 is 6.18 Å². The minimum absolute atomic E-state index is 0.0927. The monoisotopic (exact) mass is 428 g/mol. The van der Waals surface area contributed by atoms with Crippen LogP contribution in [-0.2, 0) is 19.0 Å². The lowest BCUT2D eigenvalue weighted by molar-refractivity contribution is -0.137. The Balaban J connectivity index is 1.83. The van der Waals surface area contributed by atoms with Crippen LogP contribution in [-0.4, -0.2) is 9.97 Å². The molecule has 0 fully saturated rings. The largest absolute Gasteiger partial charge is 0.421 e. The predicted molar refractivity (Wildman–Crippen MR) is 119 cm³/mol. The zero-order chi connectivity index (χ0) is 22.4. The smallest absolute Gasteiger partial charge is 0.340 e. The van der Waals surface area contributed by atoms with Crippen LogP contribution in [0.2, 0.25) is 0 Å². The summed E-state index contributed by atoms with van der Waals surface area (Å²) >= 11 is 0. The first-order valence-corrected chi connectivity index (χ1v) is 10.4. The third-order valence-electron chi connectivity index (χ3n) is 4.70. The Kier molecular flexibility index (Phi) is 7.15. The Morgan fingerprint density at radius 2 is 1.45 bits per heavy atom.